The van der Waals surface area contributed by atoms with Crippen molar-refractivity contribution in [3.63, 3.8) is 0 Å². The summed E-state index contributed by atoms with van der Waals surface area (Å²) < 4.78 is 10.6. The van der Waals surface area contributed by atoms with Crippen molar-refractivity contribution in [2.45, 2.75) is 32.7 Å². The van der Waals surface area contributed by atoms with Gasteiger partial charge in [0.25, 0.3) is 5.89 Å². The van der Waals surface area contributed by atoms with E-state index in [-0.39, 0.29) is 24.3 Å². The zero-order valence-electron chi connectivity index (χ0n) is 15.7. The molecular weight excluding hydrogens is 356 g/mol. The molecule has 7 nitrogen and oxygen atoms in total. The predicted octanol–water partition coefficient (Wildman–Crippen LogP) is 4.00. The Hall–Kier alpha value is -3.48. The Kier molecular flexibility index (Phi) is 4.89. The molecule has 0 saturated carbocycles. The van der Waals surface area contributed by atoms with Crippen molar-refractivity contribution >= 4 is 16.7 Å². The van der Waals surface area contributed by atoms with E-state index in [1.807, 2.05) is 31.2 Å². The number of nitrogens with zero attached hydrogens (tertiary/aromatic N) is 3. The van der Waals surface area contributed by atoms with Crippen LogP contribution in [0.1, 0.15) is 36.6 Å². The van der Waals surface area contributed by atoms with E-state index in [0.29, 0.717) is 23.8 Å². The average molecular weight is 376 g/mol. The highest BCUT2D eigenvalue weighted by atomic mass is 16.5. The summed E-state index contributed by atoms with van der Waals surface area (Å²) in [5.41, 5.74) is 1.58. The van der Waals surface area contributed by atoms with E-state index in [1.54, 1.807) is 13.0 Å². The van der Waals surface area contributed by atoms with Crippen LogP contribution in [-0.4, -0.2) is 21.3 Å². The molecule has 0 radical (unpaired) electrons. The molecule has 0 spiro atoms. The van der Waals surface area contributed by atoms with Crippen molar-refractivity contribution < 1.29 is 13.7 Å². The van der Waals surface area contributed by atoms with E-state index < -0.39 is 0 Å². The molecule has 2 heterocycles. The lowest BCUT2D eigenvalue weighted by Gasteiger charge is -2.16. The highest BCUT2D eigenvalue weighted by Crippen LogP contribution is 2.24. The maximum atomic E-state index is 12.4. The van der Waals surface area contributed by atoms with Gasteiger partial charge in [0.05, 0.1) is 6.04 Å². The van der Waals surface area contributed by atoms with Crippen LogP contribution >= 0.6 is 0 Å². The summed E-state index contributed by atoms with van der Waals surface area (Å²) in [7, 11) is 0. The van der Waals surface area contributed by atoms with Crippen LogP contribution in [0.15, 0.2) is 57.5 Å². The lowest BCUT2D eigenvalue weighted by atomic mass is 9.99. The van der Waals surface area contributed by atoms with Gasteiger partial charge in [-0.1, -0.05) is 47.6 Å². The fraction of sp³-hybridized carbons (Fsp3) is 0.238. The van der Waals surface area contributed by atoms with Crippen LogP contribution in [0.25, 0.3) is 22.4 Å². The molecular formula is C21H20N4O3. The number of hydrogen-bond acceptors (Lipinski definition) is 6. The van der Waals surface area contributed by atoms with Crippen LogP contribution in [0.2, 0.25) is 0 Å². The van der Waals surface area contributed by atoms with Crippen molar-refractivity contribution in [3.05, 3.63) is 65.7 Å². The molecule has 0 aliphatic heterocycles. The third kappa shape index (κ3) is 3.78. The summed E-state index contributed by atoms with van der Waals surface area (Å²) in [6.45, 7) is 3.77. The zero-order valence-corrected chi connectivity index (χ0v) is 15.7. The summed E-state index contributed by atoms with van der Waals surface area (Å²) >= 11 is 0. The minimum absolute atomic E-state index is 0.0718. The van der Waals surface area contributed by atoms with Gasteiger partial charge in [0.1, 0.15) is 5.76 Å². The maximum Gasteiger partial charge on any atom is 0.269 e. The Bertz CT molecular complexity index is 1110. The number of nitrogens with one attached hydrogen (secondary N) is 1. The SMILES string of the molecule is Cc1cc(-c2nnc(CCC(=O)N[C@@H](C)c3cccc4ccccc34)o2)no1. The van der Waals surface area contributed by atoms with Gasteiger partial charge in [0.2, 0.25) is 11.8 Å². The van der Waals surface area contributed by atoms with Crippen LogP contribution in [-0.2, 0) is 11.2 Å². The van der Waals surface area contributed by atoms with Gasteiger partial charge < -0.3 is 14.3 Å². The van der Waals surface area contributed by atoms with Gasteiger partial charge in [0.15, 0.2) is 5.69 Å². The van der Waals surface area contributed by atoms with Crippen LogP contribution in [0.5, 0.6) is 0 Å². The summed E-state index contributed by atoms with van der Waals surface area (Å²) in [6, 6.07) is 15.9. The Morgan fingerprint density at radius 3 is 2.79 bits per heavy atom. The molecule has 142 valence electrons. The van der Waals surface area contributed by atoms with E-state index in [2.05, 4.69) is 38.9 Å². The van der Waals surface area contributed by atoms with Gasteiger partial charge in [-0.2, -0.15) is 0 Å². The molecule has 28 heavy (non-hydrogen) atoms. The molecule has 4 aromatic rings. The molecule has 1 amide bonds. The Labute approximate surface area is 161 Å². The molecule has 0 aliphatic carbocycles. The van der Waals surface area contributed by atoms with E-state index in [9.17, 15) is 4.79 Å². The molecule has 0 bridgehead atoms. The van der Waals surface area contributed by atoms with Gasteiger partial charge in [-0.05, 0) is 30.2 Å². The lowest BCUT2D eigenvalue weighted by molar-refractivity contribution is -0.121. The quantitative estimate of drug-likeness (QED) is 0.547. The second-order valence-electron chi connectivity index (χ2n) is 6.68. The Morgan fingerprint density at radius 1 is 1.14 bits per heavy atom. The van der Waals surface area contributed by atoms with Gasteiger partial charge in [-0.25, -0.2) is 0 Å². The highest BCUT2D eigenvalue weighted by molar-refractivity contribution is 5.86. The van der Waals surface area contributed by atoms with E-state index in [1.165, 1.54) is 0 Å². The molecule has 0 fully saturated rings. The van der Waals surface area contributed by atoms with Gasteiger partial charge in [-0.3, -0.25) is 4.79 Å². The second-order valence-corrected chi connectivity index (χ2v) is 6.68. The van der Waals surface area contributed by atoms with E-state index in [0.717, 1.165) is 16.3 Å². The van der Waals surface area contributed by atoms with E-state index in [4.69, 9.17) is 8.94 Å². The molecule has 2 aromatic carbocycles. The monoisotopic (exact) mass is 376 g/mol. The summed E-state index contributed by atoms with van der Waals surface area (Å²) in [4.78, 5) is 12.4. The molecule has 4 rings (SSSR count). The number of rotatable bonds is 6. The lowest BCUT2D eigenvalue weighted by Crippen LogP contribution is -2.27. The molecule has 2 aromatic heterocycles. The first kappa shape index (κ1) is 17.9. The van der Waals surface area contributed by atoms with Crippen molar-refractivity contribution in [2.24, 2.45) is 0 Å². The first-order valence-corrected chi connectivity index (χ1v) is 9.13. The Morgan fingerprint density at radius 2 is 1.96 bits per heavy atom. The van der Waals surface area contributed by atoms with E-state index >= 15 is 0 Å². The number of benzene rings is 2. The van der Waals surface area contributed by atoms with Crippen molar-refractivity contribution in [3.8, 4) is 11.6 Å². The van der Waals surface area contributed by atoms with Gasteiger partial charge in [-0.15, -0.1) is 10.2 Å². The topological polar surface area (TPSA) is 94.1 Å². The number of carbonyl (C=O) groups is 1. The fourth-order valence-corrected chi connectivity index (χ4v) is 3.17. The zero-order chi connectivity index (χ0) is 19.5. The second kappa shape index (κ2) is 7.64. The van der Waals surface area contributed by atoms with Crippen LogP contribution in [0, 0.1) is 6.92 Å². The number of hydrogen-bond donors (Lipinski definition) is 1. The minimum atomic E-state index is -0.102. The smallest absolute Gasteiger partial charge is 0.269 e. The van der Waals surface area contributed by atoms with Crippen LogP contribution in [0.3, 0.4) is 0 Å². The third-order valence-electron chi connectivity index (χ3n) is 4.55. The standard InChI is InChI=1S/C21H20N4O3/c1-13-12-18(25-28-13)21-24-23-20(27-21)11-10-19(26)22-14(2)16-9-5-7-15-6-3-4-8-17(15)16/h3-9,12,14H,10-11H2,1-2H3,(H,22,26)/t14-/m0/s1. The number of amides is 1. The number of carbonyl (C=O) groups excluding carboxylic acids is 1. The molecule has 7 heteroatoms. The van der Waals surface area contributed by atoms with Crippen LogP contribution in [0.4, 0.5) is 0 Å². The minimum Gasteiger partial charge on any atom is -0.419 e. The fourth-order valence-electron chi connectivity index (χ4n) is 3.17. The first-order chi connectivity index (χ1) is 13.6. The predicted molar refractivity (Wildman–Crippen MR) is 103 cm³/mol. The van der Waals surface area contributed by atoms with Crippen molar-refractivity contribution in [1.29, 1.82) is 0 Å². The largest absolute Gasteiger partial charge is 0.419 e. The number of aryl methyl sites for hydroxylation is 2. The summed E-state index contributed by atoms with van der Waals surface area (Å²) in [5, 5.41) is 17.1. The van der Waals surface area contributed by atoms with Gasteiger partial charge in [0, 0.05) is 18.9 Å². The maximum absolute atomic E-state index is 12.4. The Balaban J connectivity index is 1.37. The van der Waals surface area contributed by atoms with Crippen molar-refractivity contribution in [2.75, 3.05) is 0 Å². The number of aromatic nitrogens is 3. The number of fused-ring (bicyclic) bond motifs is 1. The summed E-state index contributed by atoms with van der Waals surface area (Å²) in [6.07, 6.45) is 0.618. The molecule has 0 saturated heterocycles. The molecule has 1 atom stereocenters. The van der Waals surface area contributed by atoms with Crippen molar-refractivity contribution in [1.82, 2.24) is 20.7 Å². The molecule has 1 N–H and O–H groups in total. The average Bonchev–Trinajstić information content (AvgIpc) is 3.34. The summed E-state index contributed by atoms with van der Waals surface area (Å²) in [5.74, 6) is 1.27. The first-order valence-electron chi connectivity index (χ1n) is 9.13. The van der Waals surface area contributed by atoms with Gasteiger partial charge >= 0.3 is 0 Å². The highest BCUT2D eigenvalue weighted by Gasteiger charge is 2.15. The van der Waals surface area contributed by atoms with Crippen LogP contribution < -0.4 is 5.32 Å². The third-order valence-corrected chi connectivity index (χ3v) is 4.55. The molecule has 0 aliphatic rings. The normalized spacial score (nSPS) is 12.2. The molecule has 0 unspecified atom stereocenters.